The molecule has 1 N–H and O–H groups in total. The maximum atomic E-state index is 10.1. The zero-order valence-corrected chi connectivity index (χ0v) is 12.6. The summed E-state index contributed by atoms with van der Waals surface area (Å²) in [6.07, 6.45) is 2.87. The first kappa shape index (κ1) is 15.8. The number of rotatable bonds is 9. The fraction of sp³-hybridized carbons (Fsp3) is 0.500. The number of nitrogens with zero attached hydrogens (tertiary/aromatic N) is 1. The van der Waals surface area contributed by atoms with Gasteiger partial charge >= 0.3 is 0 Å². The third kappa shape index (κ3) is 5.75. The van der Waals surface area contributed by atoms with Gasteiger partial charge in [0.2, 0.25) is 0 Å². The molecular weight excluding hydrogens is 270 g/mol. The first-order valence-electron chi connectivity index (χ1n) is 7.20. The molecule has 0 fully saturated rings. The summed E-state index contributed by atoms with van der Waals surface area (Å²) in [7, 11) is 0. The Kier molecular flexibility index (Phi) is 6.04. The fourth-order valence-electron chi connectivity index (χ4n) is 2.09. The summed E-state index contributed by atoms with van der Waals surface area (Å²) in [5, 5.41) is 10.1. The van der Waals surface area contributed by atoms with Gasteiger partial charge in [-0.25, -0.2) is 0 Å². The van der Waals surface area contributed by atoms with Gasteiger partial charge in [0.1, 0.15) is 11.5 Å². The van der Waals surface area contributed by atoms with Gasteiger partial charge in [-0.15, -0.1) is 0 Å². The average molecular weight is 293 g/mol. The van der Waals surface area contributed by atoms with Crippen molar-refractivity contribution in [2.45, 2.75) is 39.1 Å². The number of aliphatic hydroxyl groups is 1. The molecular formula is C16H23NO4. The van der Waals surface area contributed by atoms with Gasteiger partial charge in [0.05, 0.1) is 44.4 Å². The normalized spacial score (nSPS) is 13.2. The van der Waals surface area contributed by atoms with Crippen LogP contribution in [0.15, 0.2) is 45.6 Å². The van der Waals surface area contributed by atoms with Crippen LogP contribution in [0.4, 0.5) is 0 Å². The maximum Gasteiger partial charge on any atom is 0.117 e. The molecule has 0 spiro atoms. The Labute approximate surface area is 125 Å². The van der Waals surface area contributed by atoms with E-state index < -0.39 is 6.10 Å². The first-order chi connectivity index (χ1) is 10.1. The lowest BCUT2D eigenvalue weighted by atomic mass is 10.3. The Morgan fingerprint density at radius 1 is 1.10 bits per heavy atom. The van der Waals surface area contributed by atoms with Crippen molar-refractivity contribution in [1.82, 2.24) is 4.90 Å². The van der Waals surface area contributed by atoms with E-state index in [4.69, 9.17) is 13.6 Å². The molecule has 0 aliphatic carbocycles. The second kappa shape index (κ2) is 8.02. The van der Waals surface area contributed by atoms with Crippen LogP contribution < -0.4 is 0 Å². The van der Waals surface area contributed by atoms with Crippen LogP contribution in [0, 0.1) is 0 Å². The van der Waals surface area contributed by atoms with Crippen LogP contribution in [0.1, 0.15) is 25.4 Å². The van der Waals surface area contributed by atoms with Crippen LogP contribution >= 0.6 is 0 Å². The zero-order valence-electron chi connectivity index (χ0n) is 12.6. The summed E-state index contributed by atoms with van der Waals surface area (Å²) in [6.45, 7) is 5.96. The summed E-state index contributed by atoms with van der Waals surface area (Å²) >= 11 is 0. The first-order valence-corrected chi connectivity index (χ1v) is 7.20. The van der Waals surface area contributed by atoms with E-state index in [1.165, 1.54) is 0 Å². The van der Waals surface area contributed by atoms with Gasteiger partial charge in [0.15, 0.2) is 0 Å². The van der Waals surface area contributed by atoms with E-state index in [1.54, 1.807) is 12.5 Å². The predicted octanol–water partition coefficient (Wildman–Crippen LogP) is 2.66. The summed E-state index contributed by atoms with van der Waals surface area (Å²) in [6, 6.07) is 7.57. The number of hydrogen-bond acceptors (Lipinski definition) is 5. The Bertz CT molecular complexity index is 442. The van der Waals surface area contributed by atoms with Crippen molar-refractivity contribution in [3.8, 4) is 0 Å². The van der Waals surface area contributed by atoms with Crippen molar-refractivity contribution < 1.29 is 18.7 Å². The van der Waals surface area contributed by atoms with Gasteiger partial charge in [-0.2, -0.15) is 0 Å². The van der Waals surface area contributed by atoms with Gasteiger partial charge in [-0.3, -0.25) is 4.90 Å². The lowest BCUT2D eigenvalue weighted by Gasteiger charge is -2.23. The highest BCUT2D eigenvalue weighted by atomic mass is 16.5. The monoisotopic (exact) mass is 293 g/mol. The molecule has 0 aliphatic rings. The molecule has 0 aromatic carbocycles. The number of ether oxygens (including phenoxy) is 1. The van der Waals surface area contributed by atoms with E-state index in [9.17, 15) is 5.11 Å². The largest absolute Gasteiger partial charge is 0.468 e. The van der Waals surface area contributed by atoms with Crippen LogP contribution in [-0.4, -0.2) is 35.4 Å². The SMILES string of the molecule is CC(C)OC[C@@H](O)CN(Cc1ccco1)Cc1ccco1. The van der Waals surface area contributed by atoms with E-state index in [0.717, 1.165) is 11.5 Å². The average Bonchev–Trinajstić information content (AvgIpc) is 3.10. The number of hydrogen-bond donors (Lipinski definition) is 1. The predicted molar refractivity (Wildman–Crippen MR) is 78.6 cm³/mol. The maximum absolute atomic E-state index is 10.1. The summed E-state index contributed by atoms with van der Waals surface area (Å²) in [4.78, 5) is 2.08. The molecule has 2 rings (SSSR count). The molecule has 2 aromatic heterocycles. The van der Waals surface area contributed by atoms with Crippen LogP contribution in [-0.2, 0) is 17.8 Å². The van der Waals surface area contributed by atoms with Gasteiger partial charge in [0, 0.05) is 6.54 Å². The van der Waals surface area contributed by atoms with Crippen molar-refractivity contribution in [3.63, 3.8) is 0 Å². The summed E-state index contributed by atoms with van der Waals surface area (Å²) in [5.74, 6) is 1.72. The molecule has 0 bridgehead atoms. The van der Waals surface area contributed by atoms with Crippen LogP contribution in [0.25, 0.3) is 0 Å². The third-order valence-electron chi connectivity index (χ3n) is 3.01. The lowest BCUT2D eigenvalue weighted by Crippen LogP contribution is -2.34. The van der Waals surface area contributed by atoms with Gasteiger partial charge < -0.3 is 18.7 Å². The summed E-state index contributed by atoms with van der Waals surface area (Å²) in [5.41, 5.74) is 0. The third-order valence-corrected chi connectivity index (χ3v) is 3.01. The Morgan fingerprint density at radius 2 is 1.67 bits per heavy atom. The molecule has 0 saturated carbocycles. The topological polar surface area (TPSA) is 59.0 Å². The highest BCUT2D eigenvalue weighted by Gasteiger charge is 2.16. The molecule has 5 heteroatoms. The van der Waals surface area contributed by atoms with Crippen molar-refractivity contribution in [3.05, 3.63) is 48.3 Å². The van der Waals surface area contributed by atoms with E-state index in [0.29, 0.717) is 26.2 Å². The molecule has 0 unspecified atom stereocenters. The van der Waals surface area contributed by atoms with Gasteiger partial charge in [-0.05, 0) is 38.1 Å². The molecule has 0 radical (unpaired) electrons. The van der Waals surface area contributed by atoms with Crippen LogP contribution in [0.5, 0.6) is 0 Å². The molecule has 21 heavy (non-hydrogen) atoms. The van der Waals surface area contributed by atoms with Gasteiger partial charge in [0.25, 0.3) is 0 Å². The fourth-order valence-corrected chi connectivity index (χ4v) is 2.09. The lowest BCUT2D eigenvalue weighted by molar-refractivity contribution is -0.0121. The second-order valence-corrected chi connectivity index (χ2v) is 5.36. The Hall–Kier alpha value is -1.56. The molecule has 2 aromatic rings. The molecule has 0 aliphatic heterocycles. The van der Waals surface area contributed by atoms with Crippen molar-refractivity contribution in [1.29, 1.82) is 0 Å². The van der Waals surface area contributed by atoms with Crippen molar-refractivity contribution >= 4 is 0 Å². The van der Waals surface area contributed by atoms with Crippen LogP contribution in [0.2, 0.25) is 0 Å². The highest BCUT2D eigenvalue weighted by Crippen LogP contribution is 2.12. The standard InChI is InChI=1S/C16H23NO4/c1-13(2)21-12-14(18)9-17(10-15-5-3-7-19-15)11-16-6-4-8-20-16/h3-8,13-14,18H,9-12H2,1-2H3/t14-/m0/s1. The Morgan fingerprint density at radius 3 is 2.10 bits per heavy atom. The van der Waals surface area contributed by atoms with Crippen LogP contribution in [0.3, 0.4) is 0 Å². The second-order valence-electron chi connectivity index (χ2n) is 5.36. The zero-order chi connectivity index (χ0) is 15.1. The molecule has 116 valence electrons. The number of aliphatic hydroxyl groups excluding tert-OH is 1. The highest BCUT2D eigenvalue weighted by molar-refractivity contribution is 5.01. The Balaban J connectivity index is 1.91. The minimum atomic E-state index is -0.544. The van der Waals surface area contributed by atoms with Crippen molar-refractivity contribution in [2.24, 2.45) is 0 Å². The van der Waals surface area contributed by atoms with E-state index in [2.05, 4.69) is 4.90 Å². The minimum absolute atomic E-state index is 0.114. The molecule has 0 saturated heterocycles. The van der Waals surface area contributed by atoms with E-state index in [-0.39, 0.29) is 6.10 Å². The van der Waals surface area contributed by atoms with E-state index in [1.807, 2.05) is 38.1 Å². The number of furan rings is 2. The summed E-state index contributed by atoms with van der Waals surface area (Å²) < 4.78 is 16.2. The van der Waals surface area contributed by atoms with E-state index >= 15 is 0 Å². The smallest absolute Gasteiger partial charge is 0.117 e. The molecule has 2 heterocycles. The molecule has 1 atom stereocenters. The van der Waals surface area contributed by atoms with Crippen molar-refractivity contribution in [2.75, 3.05) is 13.2 Å². The van der Waals surface area contributed by atoms with Gasteiger partial charge in [-0.1, -0.05) is 0 Å². The minimum Gasteiger partial charge on any atom is -0.468 e. The quantitative estimate of drug-likeness (QED) is 0.770. The molecule has 0 amide bonds. The molecule has 5 nitrogen and oxygen atoms in total.